The molecule has 0 fully saturated rings. The first-order valence-electron chi connectivity index (χ1n) is 6.34. The van der Waals surface area contributed by atoms with Gasteiger partial charge in [0.05, 0.1) is 4.88 Å². The summed E-state index contributed by atoms with van der Waals surface area (Å²) in [5, 5.41) is 1.89. The lowest BCUT2D eigenvalue weighted by Crippen LogP contribution is -1.87. The van der Waals surface area contributed by atoms with Crippen molar-refractivity contribution in [2.45, 2.75) is 0 Å². The number of thiophene rings is 1. The molecule has 0 amide bonds. The number of ketones is 1. The monoisotopic (exact) mass is 358 g/mol. The minimum atomic E-state index is -0.00888. The first-order chi connectivity index (χ1) is 10.2. The highest BCUT2D eigenvalue weighted by Gasteiger charge is 2.05. The zero-order valence-electron chi connectivity index (χ0n) is 11.0. The summed E-state index contributed by atoms with van der Waals surface area (Å²) >= 11 is 4.87. The third kappa shape index (κ3) is 3.40. The number of benzene rings is 1. The Kier molecular flexibility index (Phi) is 4.18. The van der Waals surface area contributed by atoms with Gasteiger partial charge in [0.25, 0.3) is 0 Å². The summed E-state index contributed by atoms with van der Waals surface area (Å²) < 4.78 is 6.74. The van der Waals surface area contributed by atoms with Gasteiger partial charge in [-0.15, -0.1) is 11.3 Å². The van der Waals surface area contributed by atoms with Crippen molar-refractivity contribution >= 4 is 39.1 Å². The van der Waals surface area contributed by atoms with Crippen molar-refractivity contribution in [1.29, 1.82) is 0 Å². The fourth-order valence-corrected chi connectivity index (χ4v) is 2.94. The van der Waals surface area contributed by atoms with E-state index in [0.29, 0.717) is 5.76 Å². The van der Waals surface area contributed by atoms with Gasteiger partial charge >= 0.3 is 0 Å². The third-order valence-electron chi connectivity index (χ3n) is 2.90. The molecule has 1 aromatic carbocycles. The van der Waals surface area contributed by atoms with Crippen molar-refractivity contribution in [2.24, 2.45) is 0 Å². The Morgan fingerprint density at radius 2 is 2.05 bits per heavy atom. The van der Waals surface area contributed by atoms with Crippen LogP contribution in [0.3, 0.4) is 0 Å². The number of hydrogen-bond acceptors (Lipinski definition) is 3. The molecule has 4 heteroatoms. The fourth-order valence-electron chi connectivity index (χ4n) is 1.90. The lowest BCUT2D eigenvalue weighted by atomic mass is 10.2. The Labute approximate surface area is 134 Å². The van der Waals surface area contributed by atoms with Gasteiger partial charge in [0.15, 0.2) is 5.78 Å². The molecule has 0 unspecified atom stereocenters. The van der Waals surface area contributed by atoms with E-state index in [2.05, 4.69) is 15.9 Å². The predicted octanol–water partition coefficient (Wildman–Crippen LogP) is 5.67. The second-order valence-corrected chi connectivity index (χ2v) is 6.25. The number of allylic oxidation sites excluding steroid dienone is 1. The molecule has 0 N–H and O–H groups in total. The van der Waals surface area contributed by atoms with Gasteiger partial charge in [-0.25, -0.2) is 0 Å². The predicted molar refractivity (Wildman–Crippen MR) is 89.5 cm³/mol. The van der Waals surface area contributed by atoms with Crippen LogP contribution in [-0.4, -0.2) is 5.78 Å². The van der Waals surface area contributed by atoms with E-state index in [9.17, 15) is 4.79 Å². The van der Waals surface area contributed by atoms with E-state index in [0.717, 1.165) is 20.7 Å². The van der Waals surface area contributed by atoms with Gasteiger partial charge in [-0.05, 0) is 47.9 Å². The molecule has 0 atom stereocenters. The molecule has 2 nitrogen and oxygen atoms in total. The normalized spacial score (nSPS) is 11.1. The van der Waals surface area contributed by atoms with E-state index in [1.807, 2.05) is 53.9 Å². The Bertz CT molecular complexity index is 785. The van der Waals surface area contributed by atoms with E-state index in [1.165, 1.54) is 17.4 Å². The lowest BCUT2D eigenvalue weighted by Gasteiger charge is -1.97. The molecule has 0 aliphatic heterocycles. The first-order valence-corrected chi connectivity index (χ1v) is 8.01. The van der Waals surface area contributed by atoms with Crippen LogP contribution >= 0.6 is 27.3 Å². The number of carbonyl (C=O) groups excluding carboxylic acids is 1. The maximum absolute atomic E-state index is 11.9. The average molecular weight is 359 g/mol. The summed E-state index contributed by atoms with van der Waals surface area (Å²) in [5.74, 6) is 1.43. The highest BCUT2D eigenvalue weighted by Crippen LogP contribution is 2.25. The van der Waals surface area contributed by atoms with Crippen LogP contribution in [0.15, 0.2) is 68.9 Å². The molecule has 0 aliphatic rings. The standard InChI is InChI=1S/C17H11BrO2S/c18-13-4-1-3-12(11-13)16-9-7-14(20-16)6-8-15(19)17-5-2-10-21-17/h1-11H. The summed E-state index contributed by atoms with van der Waals surface area (Å²) in [6.45, 7) is 0. The topological polar surface area (TPSA) is 30.2 Å². The molecule has 3 aromatic rings. The van der Waals surface area contributed by atoms with E-state index in [-0.39, 0.29) is 5.78 Å². The first kappa shape index (κ1) is 14.0. The smallest absolute Gasteiger partial charge is 0.195 e. The zero-order chi connectivity index (χ0) is 14.7. The van der Waals surface area contributed by atoms with Gasteiger partial charge in [0.2, 0.25) is 0 Å². The van der Waals surface area contributed by atoms with Crippen LogP contribution in [0, 0.1) is 0 Å². The second kappa shape index (κ2) is 6.24. The summed E-state index contributed by atoms with van der Waals surface area (Å²) in [4.78, 5) is 12.6. The summed E-state index contributed by atoms with van der Waals surface area (Å²) in [7, 11) is 0. The van der Waals surface area contributed by atoms with Gasteiger partial charge in [0, 0.05) is 10.0 Å². The van der Waals surface area contributed by atoms with E-state index in [1.54, 1.807) is 6.08 Å². The maximum atomic E-state index is 11.9. The molecule has 0 radical (unpaired) electrons. The third-order valence-corrected chi connectivity index (χ3v) is 4.28. The highest BCUT2D eigenvalue weighted by molar-refractivity contribution is 9.10. The van der Waals surface area contributed by atoms with Crippen LogP contribution in [-0.2, 0) is 0 Å². The summed E-state index contributed by atoms with van der Waals surface area (Å²) in [6, 6.07) is 15.3. The molecule has 0 aliphatic carbocycles. The van der Waals surface area contributed by atoms with Crippen molar-refractivity contribution in [3.63, 3.8) is 0 Å². The van der Waals surface area contributed by atoms with Crippen molar-refractivity contribution in [3.05, 3.63) is 75.1 Å². The van der Waals surface area contributed by atoms with Gasteiger partial charge < -0.3 is 4.42 Å². The second-order valence-electron chi connectivity index (χ2n) is 4.39. The Morgan fingerprint density at radius 3 is 2.81 bits per heavy atom. The quantitative estimate of drug-likeness (QED) is 0.444. The van der Waals surface area contributed by atoms with E-state index >= 15 is 0 Å². The van der Waals surface area contributed by atoms with Crippen LogP contribution in [0.25, 0.3) is 17.4 Å². The lowest BCUT2D eigenvalue weighted by molar-refractivity contribution is 0.105. The van der Waals surface area contributed by atoms with E-state index < -0.39 is 0 Å². The van der Waals surface area contributed by atoms with Gasteiger partial charge in [-0.1, -0.05) is 34.1 Å². The summed E-state index contributed by atoms with van der Waals surface area (Å²) in [6.07, 6.45) is 3.24. The van der Waals surface area contributed by atoms with Crippen LogP contribution in [0.2, 0.25) is 0 Å². The SMILES string of the molecule is O=C(C=Cc1ccc(-c2cccc(Br)c2)o1)c1cccs1. The Morgan fingerprint density at radius 1 is 1.14 bits per heavy atom. The zero-order valence-corrected chi connectivity index (χ0v) is 13.4. The fraction of sp³-hybridized carbons (Fsp3) is 0. The van der Waals surface area contributed by atoms with Crippen LogP contribution in [0.5, 0.6) is 0 Å². The number of hydrogen-bond donors (Lipinski definition) is 0. The number of rotatable bonds is 4. The number of carbonyl (C=O) groups is 1. The molecule has 3 rings (SSSR count). The summed E-state index contributed by atoms with van der Waals surface area (Å²) in [5.41, 5.74) is 0.994. The van der Waals surface area contributed by atoms with Crippen LogP contribution in [0.1, 0.15) is 15.4 Å². The molecule has 104 valence electrons. The van der Waals surface area contributed by atoms with Gasteiger partial charge in [0.1, 0.15) is 11.5 Å². The van der Waals surface area contributed by atoms with Crippen molar-refractivity contribution in [3.8, 4) is 11.3 Å². The van der Waals surface area contributed by atoms with E-state index in [4.69, 9.17) is 4.42 Å². The highest BCUT2D eigenvalue weighted by atomic mass is 79.9. The number of halogens is 1. The molecule has 21 heavy (non-hydrogen) atoms. The maximum Gasteiger partial charge on any atom is 0.195 e. The molecular weight excluding hydrogens is 348 g/mol. The minimum absolute atomic E-state index is 0.00888. The van der Waals surface area contributed by atoms with Crippen molar-refractivity contribution in [1.82, 2.24) is 0 Å². The molecule has 2 aromatic heterocycles. The molecule has 2 heterocycles. The Hall–Kier alpha value is -1.91. The molecule has 0 saturated carbocycles. The largest absolute Gasteiger partial charge is 0.457 e. The molecule has 0 spiro atoms. The van der Waals surface area contributed by atoms with Crippen LogP contribution in [0.4, 0.5) is 0 Å². The van der Waals surface area contributed by atoms with Crippen molar-refractivity contribution < 1.29 is 9.21 Å². The van der Waals surface area contributed by atoms with Gasteiger partial charge in [-0.3, -0.25) is 4.79 Å². The molecule has 0 bridgehead atoms. The number of furan rings is 1. The molecular formula is C17H11BrO2S. The Balaban J connectivity index is 1.78. The minimum Gasteiger partial charge on any atom is -0.457 e. The van der Waals surface area contributed by atoms with Gasteiger partial charge in [-0.2, -0.15) is 0 Å². The molecule has 0 saturated heterocycles. The average Bonchev–Trinajstić information content (AvgIpc) is 3.16. The van der Waals surface area contributed by atoms with Crippen molar-refractivity contribution in [2.75, 3.05) is 0 Å². The van der Waals surface area contributed by atoms with Crippen LogP contribution < -0.4 is 0 Å².